The van der Waals surface area contributed by atoms with Gasteiger partial charge in [-0.2, -0.15) is 13.2 Å². The lowest BCUT2D eigenvalue weighted by Gasteiger charge is -2.23. The van der Waals surface area contributed by atoms with Gasteiger partial charge in [-0.25, -0.2) is 0 Å². The summed E-state index contributed by atoms with van der Waals surface area (Å²) in [6.45, 7) is 1.61. The van der Waals surface area contributed by atoms with Crippen LogP contribution in [0.3, 0.4) is 0 Å². The molecule has 0 aromatic carbocycles. The molecule has 0 heterocycles. The Morgan fingerprint density at radius 1 is 1.33 bits per heavy atom. The van der Waals surface area contributed by atoms with Gasteiger partial charge in [-0.05, 0) is 5.92 Å². The smallest absolute Gasteiger partial charge is 0.345 e. The van der Waals surface area contributed by atoms with E-state index in [0.717, 1.165) is 4.90 Å². The molecule has 0 saturated heterocycles. The Kier molecular flexibility index (Phi) is 6.10. The number of nitrogens with zero attached hydrogens (tertiary/aromatic N) is 1. The summed E-state index contributed by atoms with van der Waals surface area (Å²) in [5.74, 6) is -1.47. The lowest BCUT2D eigenvalue weighted by Crippen LogP contribution is -2.48. The minimum absolute atomic E-state index is 0.113. The summed E-state index contributed by atoms with van der Waals surface area (Å²) in [6, 6.07) is -0.773. The minimum atomic E-state index is -4.47. The first kappa shape index (κ1) is 16.7. The molecule has 3 N–H and O–H groups in total. The van der Waals surface area contributed by atoms with Gasteiger partial charge in [0.2, 0.25) is 11.8 Å². The fraction of sp³-hybridized carbons (Fsp3) is 0.800. The topological polar surface area (TPSA) is 75.4 Å². The first-order chi connectivity index (χ1) is 8.04. The van der Waals surface area contributed by atoms with Gasteiger partial charge >= 0.3 is 6.18 Å². The van der Waals surface area contributed by atoms with Gasteiger partial charge in [0.05, 0.1) is 12.6 Å². The van der Waals surface area contributed by atoms with E-state index in [1.54, 1.807) is 19.2 Å². The Labute approximate surface area is 103 Å². The van der Waals surface area contributed by atoms with E-state index in [-0.39, 0.29) is 5.92 Å². The summed E-state index contributed by atoms with van der Waals surface area (Å²) < 4.78 is 35.5. The van der Waals surface area contributed by atoms with Crippen LogP contribution in [0, 0.1) is 5.92 Å². The van der Waals surface area contributed by atoms with E-state index in [1.165, 1.54) is 7.05 Å². The molecule has 0 saturated carbocycles. The Hall–Kier alpha value is -1.31. The van der Waals surface area contributed by atoms with Crippen LogP contribution in [-0.4, -0.2) is 49.1 Å². The predicted octanol–water partition coefficient (Wildman–Crippen LogP) is 0.107. The molecule has 5 nitrogen and oxygen atoms in total. The van der Waals surface area contributed by atoms with Crippen molar-refractivity contribution in [3.05, 3.63) is 0 Å². The number of amides is 2. The molecule has 1 atom stereocenters. The van der Waals surface area contributed by atoms with Crippen molar-refractivity contribution < 1.29 is 22.8 Å². The number of alkyl halides is 3. The molecule has 0 fully saturated rings. The number of carbonyl (C=O) groups excluding carboxylic acids is 2. The van der Waals surface area contributed by atoms with Crippen molar-refractivity contribution in [1.29, 1.82) is 0 Å². The summed E-state index contributed by atoms with van der Waals surface area (Å²) in [4.78, 5) is 23.8. The van der Waals surface area contributed by atoms with Crippen LogP contribution < -0.4 is 11.1 Å². The average Bonchev–Trinajstić information content (AvgIpc) is 2.23. The van der Waals surface area contributed by atoms with Crippen molar-refractivity contribution >= 4 is 11.8 Å². The molecule has 18 heavy (non-hydrogen) atoms. The van der Waals surface area contributed by atoms with E-state index in [1.807, 2.05) is 0 Å². The van der Waals surface area contributed by atoms with Crippen molar-refractivity contribution in [2.75, 3.05) is 20.1 Å². The lowest BCUT2D eigenvalue weighted by molar-refractivity contribution is -0.142. The fourth-order valence-electron chi connectivity index (χ4n) is 1.09. The Morgan fingerprint density at radius 3 is 2.22 bits per heavy atom. The zero-order valence-electron chi connectivity index (χ0n) is 10.5. The SMILES string of the molecule is CC(C)[C@@H](N)C(=O)N(C)CC(=O)NCC(F)(F)F. The summed E-state index contributed by atoms with van der Waals surface area (Å²) in [7, 11) is 1.32. The second kappa shape index (κ2) is 6.58. The first-order valence-corrected chi connectivity index (χ1v) is 5.38. The van der Waals surface area contributed by atoms with Crippen molar-refractivity contribution in [3.63, 3.8) is 0 Å². The minimum Gasteiger partial charge on any atom is -0.345 e. The number of carbonyl (C=O) groups is 2. The molecule has 0 aromatic rings. The summed E-state index contributed by atoms with van der Waals surface area (Å²) in [5, 5.41) is 1.68. The second-order valence-electron chi connectivity index (χ2n) is 4.36. The van der Waals surface area contributed by atoms with Crippen LogP contribution in [-0.2, 0) is 9.59 Å². The molecule has 0 unspecified atom stereocenters. The Bertz CT molecular complexity index is 305. The molecule has 0 rings (SSSR count). The molecule has 106 valence electrons. The van der Waals surface area contributed by atoms with Crippen LogP contribution in [0.5, 0.6) is 0 Å². The zero-order valence-corrected chi connectivity index (χ0v) is 10.5. The van der Waals surface area contributed by atoms with Crippen molar-refractivity contribution in [2.45, 2.75) is 26.1 Å². The van der Waals surface area contributed by atoms with E-state index in [2.05, 4.69) is 0 Å². The van der Waals surface area contributed by atoms with E-state index < -0.39 is 37.1 Å². The number of halogens is 3. The van der Waals surface area contributed by atoms with E-state index >= 15 is 0 Å². The van der Waals surface area contributed by atoms with Crippen molar-refractivity contribution in [3.8, 4) is 0 Å². The molecular formula is C10H18F3N3O2. The van der Waals surface area contributed by atoms with Gasteiger partial charge in [0.15, 0.2) is 0 Å². The molecule has 2 amide bonds. The zero-order chi connectivity index (χ0) is 14.5. The first-order valence-electron chi connectivity index (χ1n) is 5.38. The van der Waals surface area contributed by atoms with Gasteiger partial charge in [0.25, 0.3) is 0 Å². The van der Waals surface area contributed by atoms with Crippen LogP contribution >= 0.6 is 0 Å². The molecular weight excluding hydrogens is 251 g/mol. The van der Waals surface area contributed by atoms with E-state index in [9.17, 15) is 22.8 Å². The number of hydrogen-bond acceptors (Lipinski definition) is 3. The molecule has 0 aliphatic rings. The highest BCUT2D eigenvalue weighted by Gasteiger charge is 2.28. The molecule has 0 radical (unpaired) electrons. The number of likely N-dealkylation sites (N-methyl/N-ethyl adjacent to an activating group) is 1. The van der Waals surface area contributed by atoms with E-state index in [0.29, 0.717) is 0 Å². The van der Waals surface area contributed by atoms with Crippen molar-refractivity contribution in [2.24, 2.45) is 11.7 Å². The number of hydrogen-bond donors (Lipinski definition) is 2. The fourth-order valence-corrected chi connectivity index (χ4v) is 1.09. The molecule has 0 aliphatic carbocycles. The highest BCUT2D eigenvalue weighted by Crippen LogP contribution is 2.12. The van der Waals surface area contributed by atoms with Gasteiger partial charge in [-0.3, -0.25) is 9.59 Å². The van der Waals surface area contributed by atoms with Gasteiger partial charge in [0, 0.05) is 7.05 Å². The predicted molar refractivity (Wildman–Crippen MR) is 59.5 cm³/mol. The largest absolute Gasteiger partial charge is 0.405 e. The third kappa shape index (κ3) is 6.43. The highest BCUT2D eigenvalue weighted by atomic mass is 19.4. The third-order valence-electron chi connectivity index (χ3n) is 2.25. The van der Waals surface area contributed by atoms with Crippen LogP contribution in [0.25, 0.3) is 0 Å². The number of nitrogens with one attached hydrogen (secondary N) is 1. The van der Waals surface area contributed by atoms with Gasteiger partial charge in [-0.1, -0.05) is 13.8 Å². The molecule has 0 aliphatic heterocycles. The third-order valence-corrected chi connectivity index (χ3v) is 2.25. The van der Waals surface area contributed by atoms with Gasteiger partial charge in [-0.15, -0.1) is 0 Å². The monoisotopic (exact) mass is 269 g/mol. The second-order valence-corrected chi connectivity index (χ2v) is 4.36. The average molecular weight is 269 g/mol. The normalized spacial score (nSPS) is 13.3. The maximum atomic E-state index is 11.8. The van der Waals surface area contributed by atoms with Crippen LogP contribution in [0.4, 0.5) is 13.2 Å². The van der Waals surface area contributed by atoms with Crippen LogP contribution in [0.2, 0.25) is 0 Å². The Balaban J connectivity index is 4.19. The molecule has 8 heteroatoms. The van der Waals surface area contributed by atoms with Crippen LogP contribution in [0.15, 0.2) is 0 Å². The maximum Gasteiger partial charge on any atom is 0.405 e. The van der Waals surface area contributed by atoms with Gasteiger partial charge in [0.1, 0.15) is 6.54 Å². The lowest BCUT2D eigenvalue weighted by atomic mass is 10.0. The molecule has 0 bridgehead atoms. The van der Waals surface area contributed by atoms with Gasteiger partial charge < -0.3 is 16.0 Å². The number of rotatable bonds is 5. The molecule has 0 spiro atoms. The quantitative estimate of drug-likeness (QED) is 0.743. The summed E-state index contributed by atoms with van der Waals surface area (Å²) in [5.41, 5.74) is 5.58. The highest BCUT2D eigenvalue weighted by molar-refractivity contribution is 5.87. The van der Waals surface area contributed by atoms with Crippen LogP contribution in [0.1, 0.15) is 13.8 Å². The van der Waals surface area contributed by atoms with E-state index in [4.69, 9.17) is 5.73 Å². The standard InChI is InChI=1S/C10H18F3N3O2/c1-6(2)8(14)9(18)16(3)4-7(17)15-5-10(11,12)13/h6,8H,4-5,14H2,1-3H3,(H,15,17)/t8-/m1/s1. The molecule has 0 aromatic heterocycles. The summed E-state index contributed by atoms with van der Waals surface area (Å²) >= 11 is 0. The summed E-state index contributed by atoms with van der Waals surface area (Å²) in [6.07, 6.45) is -4.47. The number of nitrogens with two attached hydrogens (primary N) is 1. The maximum absolute atomic E-state index is 11.8. The Morgan fingerprint density at radius 2 is 1.83 bits per heavy atom. The van der Waals surface area contributed by atoms with Crippen molar-refractivity contribution in [1.82, 2.24) is 10.2 Å².